The fraction of sp³-hybridized carbons (Fsp3) is 0.286. The van der Waals surface area contributed by atoms with Crippen LogP contribution in [-0.2, 0) is 4.79 Å². The maximum atomic E-state index is 12.6. The molecule has 1 heterocycles. The monoisotopic (exact) mass is 353 g/mol. The summed E-state index contributed by atoms with van der Waals surface area (Å²) >= 11 is 5.97. The molecule has 2 aliphatic rings. The third-order valence-corrected chi connectivity index (χ3v) is 5.66. The van der Waals surface area contributed by atoms with Gasteiger partial charge in [-0.1, -0.05) is 48.7 Å². The maximum absolute atomic E-state index is 12.6. The Labute approximate surface area is 152 Å². The lowest BCUT2D eigenvalue weighted by Gasteiger charge is -2.23. The van der Waals surface area contributed by atoms with Crippen molar-refractivity contribution in [2.24, 2.45) is 0 Å². The molecule has 1 spiro atoms. The maximum Gasteiger partial charge on any atom is 0.256 e. The zero-order valence-corrected chi connectivity index (χ0v) is 14.9. The van der Waals surface area contributed by atoms with Gasteiger partial charge >= 0.3 is 0 Å². The molecule has 2 aromatic rings. The molecule has 4 heteroatoms. The van der Waals surface area contributed by atoms with Crippen LogP contribution in [0.1, 0.15) is 36.8 Å². The summed E-state index contributed by atoms with van der Waals surface area (Å²) in [6.45, 7) is 1.97. The van der Waals surface area contributed by atoms with Crippen molar-refractivity contribution < 1.29 is 9.90 Å². The smallest absolute Gasteiger partial charge is 0.256 e. The molecule has 128 valence electrons. The first-order chi connectivity index (χ1) is 12.0. The quantitative estimate of drug-likeness (QED) is 0.795. The highest BCUT2D eigenvalue weighted by molar-refractivity contribution is 6.30. The number of hydrogen-bond acceptors (Lipinski definition) is 2. The molecule has 1 saturated carbocycles. The Morgan fingerprint density at radius 3 is 2.36 bits per heavy atom. The summed E-state index contributed by atoms with van der Waals surface area (Å²) in [5, 5.41) is 14.6. The van der Waals surface area contributed by atoms with Crippen LogP contribution in [-0.4, -0.2) is 16.6 Å². The molecule has 3 nitrogen and oxygen atoms in total. The largest absolute Gasteiger partial charge is 0.509 e. The molecule has 1 aliphatic heterocycles. The number of rotatable bonds is 2. The third-order valence-electron chi connectivity index (χ3n) is 5.41. The van der Waals surface area contributed by atoms with E-state index in [1.807, 2.05) is 49.4 Å². The van der Waals surface area contributed by atoms with Crippen LogP contribution >= 0.6 is 11.6 Å². The zero-order valence-electron chi connectivity index (χ0n) is 14.1. The first-order valence-corrected chi connectivity index (χ1v) is 9.01. The Bertz CT molecular complexity index is 877. The summed E-state index contributed by atoms with van der Waals surface area (Å²) in [5.41, 5.74) is 3.68. The number of carbonyl (C=O) groups is 1. The minimum Gasteiger partial charge on any atom is -0.509 e. The second-order valence-corrected chi connectivity index (χ2v) is 7.44. The Balaban J connectivity index is 1.82. The van der Waals surface area contributed by atoms with Crippen LogP contribution in [0.25, 0.3) is 16.7 Å². The average Bonchev–Trinajstić information content (AvgIpc) is 3.15. The molecule has 0 bridgehead atoms. The molecule has 1 aliphatic carbocycles. The van der Waals surface area contributed by atoms with Gasteiger partial charge in [0.15, 0.2) is 0 Å². The number of aliphatic hydroxyl groups excluding tert-OH is 1. The van der Waals surface area contributed by atoms with Crippen LogP contribution in [0.4, 0.5) is 0 Å². The highest BCUT2D eigenvalue weighted by atomic mass is 35.5. The van der Waals surface area contributed by atoms with Crippen molar-refractivity contribution in [3.05, 3.63) is 64.4 Å². The van der Waals surface area contributed by atoms with Crippen LogP contribution < -0.4 is 5.32 Å². The van der Waals surface area contributed by atoms with Gasteiger partial charge in [0.1, 0.15) is 5.76 Å². The summed E-state index contributed by atoms with van der Waals surface area (Å²) in [5.74, 6) is 0.0436. The standard InChI is InChI=1S/C21H20ClNO2/c1-13-4-5-15(14-6-8-16(22)9-7-14)12-17(13)18-19(24)21(23-20(18)25)10-2-3-11-21/h4-9,12,24H,2-3,10-11H2,1H3,(H,23,25). The van der Waals surface area contributed by atoms with E-state index in [9.17, 15) is 9.90 Å². The van der Waals surface area contributed by atoms with Gasteiger partial charge in [-0.25, -0.2) is 0 Å². The highest BCUT2D eigenvalue weighted by Gasteiger charge is 2.47. The molecule has 25 heavy (non-hydrogen) atoms. The fourth-order valence-corrected chi connectivity index (χ4v) is 4.12. The van der Waals surface area contributed by atoms with Gasteiger partial charge < -0.3 is 10.4 Å². The van der Waals surface area contributed by atoms with Crippen molar-refractivity contribution in [1.82, 2.24) is 5.32 Å². The second kappa shape index (κ2) is 5.92. The lowest BCUT2D eigenvalue weighted by atomic mass is 9.91. The summed E-state index contributed by atoms with van der Waals surface area (Å²) in [7, 11) is 0. The van der Waals surface area contributed by atoms with Crippen molar-refractivity contribution in [1.29, 1.82) is 0 Å². The van der Waals surface area contributed by atoms with Gasteiger partial charge in [-0.2, -0.15) is 0 Å². The fourth-order valence-electron chi connectivity index (χ4n) is 3.99. The van der Waals surface area contributed by atoms with E-state index in [4.69, 9.17) is 11.6 Å². The molecule has 0 unspecified atom stereocenters. The van der Waals surface area contributed by atoms with Gasteiger partial charge in [0, 0.05) is 5.02 Å². The van der Waals surface area contributed by atoms with Crippen LogP contribution in [0.15, 0.2) is 48.2 Å². The van der Waals surface area contributed by atoms with E-state index in [1.54, 1.807) is 0 Å². The normalized spacial score (nSPS) is 18.9. The van der Waals surface area contributed by atoms with Crippen molar-refractivity contribution in [2.45, 2.75) is 38.1 Å². The molecular formula is C21H20ClNO2. The number of aryl methyl sites for hydroxylation is 1. The lowest BCUT2D eigenvalue weighted by Crippen LogP contribution is -2.41. The van der Waals surface area contributed by atoms with Gasteiger partial charge in [-0.3, -0.25) is 4.79 Å². The Kier molecular flexibility index (Phi) is 3.84. The van der Waals surface area contributed by atoms with Crippen molar-refractivity contribution >= 4 is 23.1 Å². The number of nitrogens with one attached hydrogen (secondary N) is 1. The van der Waals surface area contributed by atoms with Crippen LogP contribution in [0.5, 0.6) is 0 Å². The van der Waals surface area contributed by atoms with Crippen LogP contribution in [0.2, 0.25) is 5.02 Å². The van der Waals surface area contributed by atoms with E-state index < -0.39 is 5.54 Å². The molecule has 1 amide bonds. The highest BCUT2D eigenvalue weighted by Crippen LogP contribution is 2.43. The number of aliphatic hydroxyl groups is 1. The predicted octanol–water partition coefficient (Wildman–Crippen LogP) is 5.03. The van der Waals surface area contributed by atoms with Crippen LogP contribution in [0, 0.1) is 6.92 Å². The summed E-state index contributed by atoms with van der Waals surface area (Å²) in [6, 6.07) is 13.6. The summed E-state index contributed by atoms with van der Waals surface area (Å²) in [6.07, 6.45) is 3.68. The summed E-state index contributed by atoms with van der Waals surface area (Å²) < 4.78 is 0. The Hall–Kier alpha value is -2.26. The second-order valence-electron chi connectivity index (χ2n) is 7.00. The molecular weight excluding hydrogens is 334 g/mol. The third kappa shape index (κ3) is 2.63. The number of benzene rings is 2. The Morgan fingerprint density at radius 1 is 1.04 bits per heavy atom. The van der Waals surface area contributed by atoms with Crippen molar-refractivity contribution in [3.8, 4) is 11.1 Å². The van der Waals surface area contributed by atoms with E-state index >= 15 is 0 Å². The van der Waals surface area contributed by atoms with Crippen molar-refractivity contribution in [2.75, 3.05) is 0 Å². The average molecular weight is 354 g/mol. The topological polar surface area (TPSA) is 49.3 Å². The van der Waals surface area contributed by atoms with Gasteiger partial charge in [0.2, 0.25) is 0 Å². The molecule has 2 N–H and O–H groups in total. The molecule has 0 radical (unpaired) electrons. The van der Waals surface area contributed by atoms with Crippen molar-refractivity contribution in [3.63, 3.8) is 0 Å². The molecule has 4 rings (SSSR count). The minimum absolute atomic E-state index is 0.171. The van der Waals surface area contributed by atoms with E-state index in [-0.39, 0.29) is 11.7 Å². The summed E-state index contributed by atoms with van der Waals surface area (Å²) in [4.78, 5) is 12.6. The SMILES string of the molecule is Cc1ccc(-c2ccc(Cl)cc2)cc1C1=C(O)C2(CCCC2)NC1=O. The zero-order chi connectivity index (χ0) is 17.6. The van der Waals surface area contributed by atoms with Gasteiger partial charge in [0.05, 0.1) is 11.1 Å². The number of carbonyl (C=O) groups excluding carboxylic acids is 1. The van der Waals surface area contributed by atoms with E-state index in [2.05, 4.69) is 5.32 Å². The molecule has 0 saturated heterocycles. The number of amides is 1. The van der Waals surface area contributed by atoms with E-state index in [0.29, 0.717) is 10.6 Å². The first kappa shape index (κ1) is 16.2. The lowest BCUT2D eigenvalue weighted by molar-refractivity contribution is -0.116. The van der Waals surface area contributed by atoms with E-state index in [0.717, 1.165) is 47.9 Å². The molecule has 2 aromatic carbocycles. The molecule has 0 aromatic heterocycles. The minimum atomic E-state index is -0.546. The first-order valence-electron chi connectivity index (χ1n) is 8.63. The van der Waals surface area contributed by atoms with Gasteiger partial charge in [-0.05, 0) is 60.2 Å². The van der Waals surface area contributed by atoms with Gasteiger partial charge in [0.25, 0.3) is 5.91 Å². The van der Waals surface area contributed by atoms with E-state index in [1.165, 1.54) is 0 Å². The molecule has 1 fully saturated rings. The number of halogens is 1. The van der Waals surface area contributed by atoms with Gasteiger partial charge in [-0.15, -0.1) is 0 Å². The Morgan fingerprint density at radius 2 is 1.68 bits per heavy atom. The predicted molar refractivity (Wildman–Crippen MR) is 101 cm³/mol. The molecule has 0 atom stereocenters. The number of hydrogen-bond donors (Lipinski definition) is 2. The van der Waals surface area contributed by atoms with Crippen LogP contribution in [0.3, 0.4) is 0 Å².